The molecule has 7 nitrogen and oxygen atoms in total. The topological polar surface area (TPSA) is 97.6 Å². The fraction of sp³-hybridized carbons (Fsp3) is 0.227. The fourth-order valence-corrected chi connectivity index (χ4v) is 3.20. The van der Waals surface area contributed by atoms with Crippen molar-refractivity contribution in [3.8, 4) is 17.6 Å². The number of esters is 1. The van der Waals surface area contributed by atoms with Gasteiger partial charge in [-0.1, -0.05) is 17.7 Å². The molecule has 31 heavy (non-hydrogen) atoms. The molecule has 2 rings (SSSR count). The number of nitrogens with zero attached hydrogens (tertiary/aromatic N) is 1. The van der Waals surface area contributed by atoms with Crippen molar-refractivity contribution < 1.29 is 23.8 Å². The zero-order valence-corrected chi connectivity index (χ0v) is 19.5. The maximum Gasteiger partial charge on any atom is 0.343 e. The van der Waals surface area contributed by atoms with Gasteiger partial charge in [-0.25, -0.2) is 4.79 Å². The summed E-state index contributed by atoms with van der Waals surface area (Å²) in [7, 11) is 1.26. The Balaban J connectivity index is 2.31. The molecule has 0 aliphatic rings. The molecule has 0 radical (unpaired) electrons. The monoisotopic (exact) mass is 506 g/mol. The molecule has 2 aromatic carbocycles. The number of nitrogens with one attached hydrogen (secondary N) is 1. The van der Waals surface area contributed by atoms with Gasteiger partial charge in [-0.3, -0.25) is 4.79 Å². The van der Waals surface area contributed by atoms with Crippen molar-refractivity contribution in [1.29, 1.82) is 5.26 Å². The molecular formula is C22H20BrClN2O5. The van der Waals surface area contributed by atoms with E-state index in [2.05, 4.69) is 26.0 Å². The van der Waals surface area contributed by atoms with Gasteiger partial charge < -0.3 is 19.5 Å². The van der Waals surface area contributed by atoms with Gasteiger partial charge in [0, 0.05) is 10.7 Å². The number of methoxy groups -OCH3 is 1. The van der Waals surface area contributed by atoms with E-state index in [4.69, 9.17) is 21.1 Å². The highest BCUT2D eigenvalue weighted by molar-refractivity contribution is 9.10. The number of rotatable bonds is 8. The zero-order valence-electron chi connectivity index (χ0n) is 17.1. The van der Waals surface area contributed by atoms with E-state index < -0.39 is 11.9 Å². The second-order valence-electron chi connectivity index (χ2n) is 6.22. The number of carbonyl (C=O) groups is 2. The van der Waals surface area contributed by atoms with Gasteiger partial charge in [-0.2, -0.15) is 5.26 Å². The lowest BCUT2D eigenvalue weighted by atomic mass is 10.1. The number of benzene rings is 2. The zero-order chi connectivity index (χ0) is 23.0. The second kappa shape index (κ2) is 11.4. The summed E-state index contributed by atoms with van der Waals surface area (Å²) in [5.41, 5.74) is 1.76. The molecule has 9 heteroatoms. The third kappa shape index (κ3) is 6.74. The van der Waals surface area contributed by atoms with Crippen LogP contribution in [0.15, 0.2) is 40.4 Å². The molecule has 0 heterocycles. The van der Waals surface area contributed by atoms with Crippen molar-refractivity contribution >= 4 is 51.2 Å². The Morgan fingerprint density at radius 2 is 2.00 bits per heavy atom. The van der Waals surface area contributed by atoms with Crippen molar-refractivity contribution in [2.24, 2.45) is 0 Å². The first-order valence-corrected chi connectivity index (χ1v) is 10.3. The van der Waals surface area contributed by atoms with Crippen LogP contribution in [-0.2, 0) is 14.3 Å². The molecule has 0 spiro atoms. The predicted molar refractivity (Wildman–Crippen MR) is 121 cm³/mol. The van der Waals surface area contributed by atoms with Crippen LogP contribution in [-0.4, -0.2) is 32.2 Å². The summed E-state index contributed by atoms with van der Waals surface area (Å²) < 4.78 is 16.1. The first-order chi connectivity index (χ1) is 14.8. The smallest absolute Gasteiger partial charge is 0.343 e. The van der Waals surface area contributed by atoms with Crippen molar-refractivity contribution in [3.05, 3.63) is 56.5 Å². The number of hydrogen-bond acceptors (Lipinski definition) is 6. The highest BCUT2D eigenvalue weighted by Gasteiger charge is 2.16. The van der Waals surface area contributed by atoms with Crippen molar-refractivity contribution in [2.75, 3.05) is 25.6 Å². The quantitative estimate of drug-likeness (QED) is 0.310. The van der Waals surface area contributed by atoms with Crippen LogP contribution >= 0.6 is 27.5 Å². The number of hydrogen-bond donors (Lipinski definition) is 1. The number of nitriles is 1. The Morgan fingerprint density at radius 1 is 1.26 bits per heavy atom. The summed E-state index contributed by atoms with van der Waals surface area (Å²) in [6, 6.07) is 10.2. The molecule has 1 N–H and O–H groups in total. The minimum atomic E-state index is -0.581. The summed E-state index contributed by atoms with van der Waals surface area (Å²) >= 11 is 9.46. The van der Waals surface area contributed by atoms with Crippen LogP contribution in [0.2, 0.25) is 5.02 Å². The van der Waals surface area contributed by atoms with E-state index in [9.17, 15) is 14.9 Å². The van der Waals surface area contributed by atoms with Crippen LogP contribution in [0, 0.1) is 18.3 Å². The summed E-state index contributed by atoms with van der Waals surface area (Å²) in [4.78, 5) is 23.9. The van der Waals surface area contributed by atoms with E-state index in [0.717, 1.165) is 5.56 Å². The summed E-state index contributed by atoms with van der Waals surface area (Å²) in [5, 5.41) is 12.6. The molecule has 0 bridgehead atoms. The van der Waals surface area contributed by atoms with Gasteiger partial charge in [0.1, 0.15) is 11.6 Å². The lowest BCUT2D eigenvalue weighted by molar-refractivity contribution is -0.142. The predicted octanol–water partition coefficient (Wildman–Crippen LogP) is 4.91. The minimum absolute atomic E-state index is 0.116. The van der Waals surface area contributed by atoms with E-state index in [-0.39, 0.29) is 12.2 Å². The number of anilines is 1. The largest absolute Gasteiger partial charge is 0.490 e. The van der Waals surface area contributed by atoms with Crippen molar-refractivity contribution in [3.63, 3.8) is 0 Å². The first kappa shape index (κ1) is 24.3. The average Bonchev–Trinajstić information content (AvgIpc) is 2.73. The normalized spacial score (nSPS) is 10.8. The highest BCUT2D eigenvalue weighted by Crippen LogP contribution is 2.37. The van der Waals surface area contributed by atoms with Crippen LogP contribution in [0.4, 0.5) is 5.69 Å². The van der Waals surface area contributed by atoms with Gasteiger partial charge in [0.25, 0.3) is 5.91 Å². The van der Waals surface area contributed by atoms with Crippen LogP contribution in [0.25, 0.3) is 6.08 Å². The number of amides is 1. The molecule has 2 aromatic rings. The Kier molecular flexibility index (Phi) is 8.91. The van der Waals surface area contributed by atoms with Gasteiger partial charge in [0.05, 0.1) is 18.2 Å². The molecule has 0 saturated heterocycles. The van der Waals surface area contributed by atoms with E-state index in [1.165, 1.54) is 13.2 Å². The van der Waals surface area contributed by atoms with Crippen LogP contribution in [0.5, 0.6) is 11.5 Å². The molecule has 0 saturated carbocycles. The van der Waals surface area contributed by atoms with E-state index in [1.54, 1.807) is 37.3 Å². The molecule has 0 fully saturated rings. The fourth-order valence-electron chi connectivity index (χ4n) is 2.45. The van der Waals surface area contributed by atoms with Crippen LogP contribution in [0.3, 0.4) is 0 Å². The van der Waals surface area contributed by atoms with Crippen molar-refractivity contribution in [1.82, 2.24) is 0 Å². The van der Waals surface area contributed by atoms with E-state index >= 15 is 0 Å². The average molecular weight is 508 g/mol. The molecule has 0 unspecified atom stereocenters. The maximum atomic E-state index is 12.6. The maximum absolute atomic E-state index is 12.6. The molecule has 162 valence electrons. The molecule has 0 atom stereocenters. The standard InChI is InChI=1S/C22H20BrClN2O5/c1-4-30-19-9-14(8-17(23)21(19)31-12-20(27)29-3)7-15(11-25)22(28)26-16-6-5-13(2)18(24)10-16/h5-10H,4,12H2,1-3H3,(H,26,28)/b15-7-. The molecule has 1 amide bonds. The Bertz CT molecular complexity index is 1060. The number of carbonyl (C=O) groups excluding carboxylic acids is 2. The van der Waals surface area contributed by atoms with E-state index in [1.807, 2.05) is 13.0 Å². The summed E-state index contributed by atoms with van der Waals surface area (Å²) in [5.74, 6) is -0.475. The first-order valence-electron chi connectivity index (χ1n) is 9.14. The SMILES string of the molecule is CCOc1cc(/C=C(/C#N)C(=O)Nc2ccc(C)c(Cl)c2)cc(Br)c1OCC(=O)OC. The Labute approximate surface area is 193 Å². The number of halogens is 2. The Morgan fingerprint density at radius 3 is 2.61 bits per heavy atom. The second-order valence-corrected chi connectivity index (χ2v) is 7.48. The molecule has 0 aromatic heterocycles. The molecule has 0 aliphatic heterocycles. The van der Waals surface area contributed by atoms with Gasteiger partial charge in [0.2, 0.25) is 0 Å². The van der Waals surface area contributed by atoms with Crippen LogP contribution < -0.4 is 14.8 Å². The number of aryl methyl sites for hydroxylation is 1. The highest BCUT2D eigenvalue weighted by atomic mass is 79.9. The van der Waals surface area contributed by atoms with Crippen LogP contribution in [0.1, 0.15) is 18.1 Å². The number of ether oxygens (including phenoxy) is 3. The van der Waals surface area contributed by atoms with Gasteiger partial charge >= 0.3 is 5.97 Å². The lowest BCUT2D eigenvalue weighted by Gasteiger charge is -2.14. The Hall–Kier alpha value is -3.02. The molecule has 0 aliphatic carbocycles. The third-order valence-electron chi connectivity index (χ3n) is 4.00. The van der Waals surface area contributed by atoms with Crippen molar-refractivity contribution in [2.45, 2.75) is 13.8 Å². The third-order valence-corrected chi connectivity index (χ3v) is 5.00. The van der Waals surface area contributed by atoms with E-state index in [0.29, 0.717) is 38.9 Å². The summed E-state index contributed by atoms with van der Waals surface area (Å²) in [6.45, 7) is 3.69. The van der Waals surface area contributed by atoms with Gasteiger partial charge in [0.15, 0.2) is 18.1 Å². The van der Waals surface area contributed by atoms with Gasteiger partial charge in [-0.05, 0) is 71.2 Å². The minimum Gasteiger partial charge on any atom is -0.490 e. The van der Waals surface area contributed by atoms with Gasteiger partial charge in [-0.15, -0.1) is 0 Å². The molecular weight excluding hydrogens is 488 g/mol. The lowest BCUT2D eigenvalue weighted by Crippen LogP contribution is -2.14. The summed E-state index contributed by atoms with van der Waals surface area (Å²) in [6.07, 6.45) is 1.42.